The molecule has 1 fully saturated rings. The van der Waals surface area contributed by atoms with Crippen LogP contribution in [0.2, 0.25) is 0 Å². The van der Waals surface area contributed by atoms with Gasteiger partial charge >= 0.3 is 5.97 Å². The molecule has 0 heterocycles. The fourth-order valence-electron chi connectivity index (χ4n) is 2.95. The SMILES string of the molecule is CC1CCC(CCc2ccccc2)(C(=O)O)C1. The van der Waals surface area contributed by atoms with Crippen molar-refractivity contribution in [3.05, 3.63) is 35.9 Å². The number of aliphatic carboxylic acids is 1. The van der Waals surface area contributed by atoms with Gasteiger partial charge in [0, 0.05) is 0 Å². The van der Waals surface area contributed by atoms with Crippen LogP contribution in [0, 0.1) is 11.3 Å². The molecule has 2 atom stereocenters. The Kier molecular flexibility index (Phi) is 3.51. The molecule has 0 saturated heterocycles. The summed E-state index contributed by atoms with van der Waals surface area (Å²) in [5.41, 5.74) is 0.780. The van der Waals surface area contributed by atoms with E-state index in [1.54, 1.807) is 0 Å². The number of aryl methyl sites for hydroxylation is 1. The van der Waals surface area contributed by atoms with Crippen molar-refractivity contribution in [2.45, 2.75) is 39.0 Å². The molecule has 2 unspecified atom stereocenters. The molecule has 0 amide bonds. The van der Waals surface area contributed by atoms with Gasteiger partial charge in [-0.3, -0.25) is 4.79 Å². The maximum Gasteiger partial charge on any atom is 0.309 e. The molecule has 0 spiro atoms. The molecule has 0 bridgehead atoms. The van der Waals surface area contributed by atoms with Crippen molar-refractivity contribution >= 4 is 5.97 Å². The molecular formula is C15H20O2. The Morgan fingerprint density at radius 1 is 1.41 bits per heavy atom. The second-order valence-corrected chi connectivity index (χ2v) is 5.42. The first-order valence-electron chi connectivity index (χ1n) is 6.40. The topological polar surface area (TPSA) is 37.3 Å². The van der Waals surface area contributed by atoms with Crippen LogP contribution in [-0.4, -0.2) is 11.1 Å². The van der Waals surface area contributed by atoms with Crippen molar-refractivity contribution in [1.29, 1.82) is 0 Å². The summed E-state index contributed by atoms with van der Waals surface area (Å²) in [5, 5.41) is 9.46. The zero-order chi connectivity index (χ0) is 12.3. The van der Waals surface area contributed by atoms with E-state index < -0.39 is 11.4 Å². The molecule has 2 rings (SSSR count). The van der Waals surface area contributed by atoms with Crippen LogP contribution in [0.1, 0.15) is 38.2 Å². The fraction of sp³-hybridized carbons (Fsp3) is 0.533. The molecule has 1 aromatic rings. The normalized spacial score (nSPS) is 28.2. The quantitative estimate of drug-likeness (QED) is 0.862. The minimum atomic E-state index is -0.599. The predicted molar refractivity (Wildman–Crippen MR) is 67.8 cm³/mol. The molecule has 1 saturated carbocycles. The Labute approximate surface area is 103 Å². The number of hydrogen-bond acceptors (Lipinski definition) is 1. The van der Waals surface area contributed by atoms with Crippen molar-refractivity contribution in [1.82, 2.24) is 0 Å². The van der Waals surface area contributed by atoms with E-state index in [2.05, 4.69) is 19.1 Å². The molecule has 1 N–H and O–H groups in total. The third-order valence-electron chi connectivity index (χ3n) is 4.04. The molecule has 17 heavy (non-hydrogen) atoms. The predicted octanol–water partition coefficient (Wildman–Crippen LogP) is 3.51. The van der Waals surface area contributed by atoms with E-state index in [9.17, 15) is 9.90 Å². The highest BCUT2D eigenvalue weighted by Gasteiger charge is 2.43. The number of rotatable bonds is 4. The lowest BCUT2D eigenvalue weighted by molar-refractivity contribution is -0.149. The van der Waals surface area contributed by atoms with E-state index in [0.717, 1.165) is 32.1 Å². The Morgan fingerprint density at radius 3 is 2.65 bits per heavy atom. The smallest absolute Gasteiger partial charge is 0.309 e. The van der Waals surface area contributed by atoms with Gasteiger partial charge in [0.2, 0.25) is 0 Å². The standard InChI is InChI=1S/C15H20O2/c1-12-7-9-15(11-12,14(16)17)10-8-13-5-3-2-4-6-13/h2-6,12H,7-11H2,1H3,(H,16,17). The summed E-state index contributed by atoms with van der Waals surface area (Å²) in [4.78, 5) is 11.5. The van der Waals surface area contributed by atoms with Crippen LogP contribution in [0.25, 0.3) is 0 Å². The van der Waals surface area contributed by atoms with Gasteiger partial charge in [-0.2, -0.15) is 0 Å². The Hall–Kier alpha value is -1.31. The Balaban J connectivity index is 2.03. The van der Waals surface area contributed by atoms with Crippen molar-refractivity contribution in [2.75, 3.05) is 0 Å². The van der Waals surface area contributed by atoms with Gasteiger partial charge in [-0.15, -0.1) is 0 Å². The zero-order valence-corrected chi connectivity index (χ0v) is 10.4. The van der Waals surface area contributed by atoms with E-state index in [1.165, 1.54) is 5.56 Å². The Bertz CT molecular complexity index is 385. The summed E-state index contributed by atoms with van der Waals surface area (Å²) in [6, 6.07) is 10.2. The van der Waals surface area contributed by atoms with E-state index in [-0.39, 0.29) is 0 Å². The van der Waals surface area contributed by atoms with Crippen LogP contribution in [0.5, 0.6) is 0 Å². The highest BCUT2D eigenvalue weighted by Crippen LogP contribution is 2.45. The molecule has 1 aliphatic rings. The van der Waals surface area contributed by atoms with Gasteiger partial charge < -0.3 is 5.11 Å². The van der Waals surface area contributed by atoms with Crippen LogP contribution in [0.15, 0.2) is 30.3 Å². The summed E-state index contributed by atoms with van der Waals surface area (Å²) in [7, 11) is 0. The number of carboxylic acids is 1. The van der Waals surface area contributed by atoms with Gasteiger partial charge in [0.25, 0.3) is 0 Å². The summed E-state index contributed by atoms with van der Waals surface area (Å²) in [5.74, 6) is -0.0420. The van der Waals surface area contributed by atoms with Crippen molar-refractivity contribution in [3.8, 4) is 0 Å². The number of hydrogen-bond donors (Lipinski definition) is 1. The maximum atomic E-state index is 11.5. The lowest BCUT2D eigenvalue weighted by Gasteiger charge is -2.24. The third kappa shape index (κ3) is 2.68. The molecule has 0 aliphatic heterocycles. The van der Waals surface area contributed by atoms with Crippen LogP contribution in [0.3, 0.4) is 0 Å². The summed E-state index contributed by atoms with van der Waals surface area (Å²) < 4.78 is 0. The lowest BCUT2D eigenvalue weighted by Crippen LogP contribution is -2.28. The molecule has 1 aliphatic carbocycles. The van der Waals surface area contributed by atoms with Gasteiger partial charge in [0.1, 0.15) is 0 Å². The van der Waals surface area contributed by atoms with E-state index in [1.807, 2.05) is 18.2 Å². The average Bonchev–Trinajstić information content (AvgIpc) is 2.71. The molecule has 2 heteroatoms. The van der Waals surface area contributed by atoms with Gasteiger partial charge in [-0.25, -0.2) is 0 Å². The zero-order valence-electron chi connectivity index (χ0n) is 10.4. The second-order valence-electron chi connectivity index (χ2n) is 5.42. The van der Waals surface area contributed by atoms with Gasteiger partial charge in [-0.05, 0) is 43.6 Å². The van der Waals surface area contributed by atoms with Crippen molar-refractivity contribution in [2.24, 2.45) is 11.3 Å². The lowest BCUT2D eigenvalue weighted by atomic mass is 9.80. The average molecular weight is 232 g/mol. The number of benzene rings is 1. The minimum absolute atomic E-state index is 0.463. The van der Waals surface area contributed by atoms with Gasteiger partial charge in [0.15, 0.2) is 0 Å². The molecule has 1 aromatic carbocycles. The molecule has 0 aromatic heterocycles. The maximum absolute atomic E-state index is 11.5. The van der Waals surface area contributed by atoms with Gasteiger partial charge in [0.05, 0.1) is 5.41 Å². The van der Waals surface area contributed by atoms with Crippen LogP contribution in [0.4, 0.5) is 0 Å². The minimum Gasteiger partial charge on any atom is -0.481 e. The first kappa shape index (κ1) is 12.2. The largest absolute Gasteiger partial charge is 0.481 e. The highest BCUT2D eigenvalue weighted by atomic mass is 16.4. The summed E-state index contributed by atoms with van der Waals surface area (Å²) >= 11 is 0. The first-order valence-corrected chi connectivity index (χ1v) is 6.40. The van der Waals surface area contributed by atoms with Crippen molar-refractivity contribution < 1.29 is 9.90 Å². The monoisotopic (exact) mass is 232 g/mol. The highest BCUT2D eigenvalue weighted by molar-refractivity contribution is 5.75. The summed E-state index contributed by atoms with van der Waals surface area (Å²) in [6.45, 7) is 2.16. The second kappa shape index (κ2) is 4.91. The number of carbonyl (C=O) groups is 1. The van der Waals surface area contributed by atoms with E-state index in [4.69, 9.17) is 0 Å². The number of carboxylic acid groups (broad SMARTS) is 1. The van der Waals surface area contributed by atoms with Crippen molar-refractivity contribution in [3.63, 3.8) is 0 Å². The summed E-state index contributed by atoms with van der Waals surface area (Å²) in [6.07, 6.45) is 4.39. The van der Waals surface area contributed by atoms with E-state index in [0.29, 0.717) is 5.92 Å². The molecule has 92 valence electrons. The van der Waals surface area contributed by atoms with Crippen LogP contribution < -0.4 is 0 Å². The van der Waals surface area contributed by atoms with E-state index >= 15 is 0 Å². The molecule has 2 nitrogen and oxygen atoms in total. The van der Waals surface area contributed by atoms with Gasteiger partial charge in [-0.1, -0.05) is 37.3 Å². The van der Waals surface area contributed by atoms with Crippen LogP contribution in [-0.2, 0) is 11.2 Å². The molecular weight excluding hydrogens is 212 g/mol. The molecule has 0 radical (unpaired) electrons. The third-order valence-corrected chi connectivity index (χ3v) is 4.04. The Morgan fingerprint density at radius 2 is 2.12 bits per heavy atom. The first-order chi connectivity index (χ1) is 8.12. The fourth-order valence-corrected chi connectivity index (χ4v) is 2.95. The van der Waals surface area contributed by atoms with Crippen LogP contribution >= 0.6 is 0 Å².